The normalized spacial score (nSPS) is 18.2. The van der Waals surface area contributed by atoms with Crippen LogP contribution in [0.5, 0.6) is 11.5 Å². The number of nitrogens with one attached hydrogen (secondary N) is 1. The number of rotatable bonds is 4. The number of carbonyl (C=O) groups is 1. The van der Waals surface area contributed by atoms with Gasteiger partial charge in [-0.3, -0.25) is 4.79 Å². The van der Waals surface area contributed by atoms with Crippen LogP contribution >= 0.6 is 23.1 Å². The number of thioether (sulfide) groups is 1. The van der Waals surface area contributed by atoms with Gasteiger partial charge in [-0.25, -0.2) is 0 Å². The lowest BCUT2D eigenvalue weighted by molar-refractivity contribution is -0.112. The number of anilines is 1. The zero-order valence-corrected chi connectivity index (χ0v) is 17.4. The second-order valence-electron chi connectivity index (χ2n) is 7.01. The van der Waals surface area contributed by atoms with Gasteiger partial charge in [-0.1, -0.05) is 6.92 Å². The molecule has 0 saturated heterocycles. The van der Waals surface area contributed by atoms with E-state index in [-0.39, 0.29) is 5.91 Å². The number of methoxy groups -OCH3 is 2. The van der Waals surface area contributed by atoms with E-state index in [1.165, 1.54) is 34.6 Å². The van der Waals surface area contributed by atoms with E-state index in [2.05, 4.69) is 18.3 Å². The molecule has 6 heteroatoms. The van der Waals surface area contributed by atoms with Crippen molar-refractivity contribution < 1.29 is 14.3 Å². The SMILES string of the molecule is COc1ccc(NC(=O)C2=Cc3sc4c(c3CS2)CC[C@@H](C)C4)c(OC)c1. The van der Waals surface area contributed by atoms with Crippen molar-refractivity contribution in [3.8, 4) is 11.5 Å². The van der Waals surface area contributed by atoms with Crippen LogP contribution in [-0.4, -0.2) is 20.1 Å². The van der Waals surface area contributed by atoms with Gasteiger partial charge in [0.05, 0.1) is 24.8 Å². The van der Waals surface area contributed by atoms with Crippen LogP contribution in [0.2, 0.25) is 0 Å². The number of thiophene rings is 1. The zero-order valence-electron chi connectivity index (χ0n) is 15.8. The predicted molar refractivity (Wildman–Crippen MR) is 113 cm³/mol. The molecule has 4 nitrogen and oxygen atoms in total. The molecule has 1 aromatic heterocycles. The van der Waals surface area contributed by atoms with Crippen molar-refractivity contribution in [1.82, 2.24) is 0 Å². The molecule has 142 valence electrons. The van der Waals surface area contributed by atoms with E-state index in [1.54, 1.807) is 43.7 Å². The van der Waals surface area contributed by atoms with Crippen molar-refractivity contribution in [1.29, 1.82) is 0 Å². The second-order valence-corrected chi connectivity index (χ2v) is 9.17. The highest BCUT2D eigenvalue weighted by Gasteiger charge is 2.27. The molecule has 1 atom stereocenters. The number of ether oxygens (including phenoxy) is 2. The van der Waals surface area contributed by atoms with Gasteiger partial charge in [0.2, 0.25) is 0 Å². The summed E-state index contributed by atoms with van der Waals surface area (Å²) < 4.78 is 10.6. The molecule has 1 aliphatic carbocycles. The Labute approximate surface area is 168 Å². The molecule has 1 aromatic carbocycles. The molecule has 0 radical (unpaired) electrons. The molecule has 0 fully saturated rings. The van der Waals surface area contributed by atoms with E-state index in [9.17, 15) is 4.79 Å². The lowest BCUT2D eigenvalue weighted by atomic mass is 9.88. The van der Waals surface area contributed by atoms with Crippen molar-refractivity contribution >= 4 is 40.8 Å². The van der Waals surface area contributed by atoms with Gasteiger partial charge in [0.15, 0.2) is 0 Å². The Hall–Kier alpha value is -1.92. The van der Waals surface area contributed by atoms with E-state index >= 15 is 0 Å². The maximum absolute atomic E-state index is 12.8. The first-order valence-electron chi connectivity index (χ1n) is 9.10. The summed E-state index contributed by atoms with van der Waals surface area (Å²) in [6, 6.07) is 5.39. The highest BCUT2D eigenvalue weighted by Crippen LogP contribution is 2.43. The number of carbonyl (C=O) groups excluding carboxylic acids is 1. The quantitative estimate of drug-likeness (QED) is 0.773. The van der Waals surface area contributed by atoms with Gasteiger partial charge in [-0.05, 0) is 54.5 Å². The Bertz CT molecular complexity index is 916. The predicted octanol–water partition coefficient (Wildman–Crippen LogP) is 5.12. The van der Waals surface area contributed by atoms with Gasteiger partial charge in [-0.15, -0.1) is 23.1 Å². The van der Waals surface area contributed by atoms with E-state index in [4.69, 9.17) is 9.47 Å². The first-order chi connectivity index (χ1) is 13.1. The van der Waals surface area contributed by atoms with Gasteiger partial charge in [0, 0.05) is 21.6 Å². The minimum atomic E-state index is -0.0890. The first-order valence-corrected chi connectivity index (χ1v) is 10.9. The minimum absolute atomic E-state index is 0.0890. The lowest BCUT2D eigenvalue weighted by Gasteiger charge is -2.20. The fourth-order valence-electron chi connectivity index (χ4n) is 3.64. The topological polar surface area (TPSA) is 47.6 Å². The van der Waals surface area contributed by atoms with Crippen LogP contribution in [-0.2, 0) is 23.4 Å². The summed E-state index contributed by atoms with van der Waals surface area (Å²) in [7, 11) is 3.19. The molecular formula is C21H23NO3S2. The van der Waals surface area contributed by atoms with E-state index in [0.29, 0.717) is 17.2 Å². The van der Waals surface area contributed by atoms with E-state index in [1.807, 2.05) is 17.4 Å². The van der Waals surface area contributed by atoms with Crippen LogP contribution < -0.4 is 14.8 Å². The van der Waals surface area contributed by atoms with E-state index < -0.39 is 0 Å². The van der Waals surface area contributed by atoms with Crippen LogP contribution in [0.25, 0.3) is 6.08 Å². The number of benzene rings is 1. The third kappa shape index (κ3) is 3.60. The summed E-state index contributed by atoms with van der Waals surface area (Å²) in [5, 5.41) is 2.98. The minimum Gasteiger partial charge on any atom is -0.497 e. The summed E-state index contributed by atoms with van der Waals surface area (Å²) in [6.45, 7) is 2.33. The van der Waals surface area contributed by atoms with Crippen LogP contribution in [0.1, 0.15) is 34.2 Å². The summed E-state index contributed by atoms with van der Waals surface area (Å²) in [6.07, 6.45) is 5.69. The van der Waals surface area contributed by atoms with Crippen LogP contribution in [0.15, 0.2) is 23.1 Å². The second kappa shape index (κ2) is 7.60. The van der Waals surface area contributed by atoms with Gasteiger partial charge in [0.1, 0.15) is 11.5 Å². The first kappa shape index (κ1) is 18.4. The molecule has 4 rings (SSSR count). The largest absolute Gasteiger partial charge is 0.497 e. The average molecular weight is 402 g/mol. The molecule has 0 bridgehead atoms. The van der Waals surface area contributed by atoms with Gasteiger partial charge >= 0.3 is 0 Å². The van der Waals surface area contributed by atoms with Gasteiger partial charge in [-0.2, -0.15) is 0 Å². The summed E-state index contributed by atoms with van der Waals surface area (Å²) in [5.41, 5.74) is 3.65. The smallest absolute Gasteiger partial charge is 0.262 e. The molecule has 27 heavy (non-hydrogen) atoms. The van der Waals surface area contributed by atoms with Crippen LogP contribution in [0.3, 0.4) is 0 Å². The highest BCUT2D eigenvalue weighted by atomic mass is 32.2. The number of hydrogen-bond donors (Lipinski definition) is 1. The maximum Gasteiger partial charge on any atom is 0.262 e. The third-order valence-corrected chi connectivity index (χ3v) is 7.46. The number of fused-ring (bicyclic) bond motifs is 3. The Morgan fingerprint density at radius 1 is 1.22 bits per heavy atom. The standard InChI is InChI=1S/C21H23NO3S2/c1-12-4-6-14-15-11-26-20(10-19(15)27-18(14)8-12)21(23)22-16-7-5-13(24-2)9-17(16)25-3/h5,7,9-10,12H,4,6,8,11H2,1-3H3,(H,22,23)/t12-/m1/s1. The number of amides is 1. The van der Waals surface area contributed by atoms with Gasteiger partial charge < -0.3 is 14.8 Å². The molecule has 2 aromatic rings. The van der Waals surface area contributed by atoms with Crippen molar-refractivity contribution in [3.05, 3.63) is 44.0 Å². The molecule has 0 unspecified atom stereocenters. The van der Waals surface area contributed by atoms with Crippen molar-refractivity contribution in [2.45, 2.75) is 31.9 Å². The molecule has 2 heterocycles. The fraction of sp³-hybridized carbons (Fsp3) is 0.381. The molecule has 0 saturated carbocycles. The van der Waals surface area contributed by atoms with Gasteiger partial charge in [0.25, 0.3) is 5.91 Å². The average Bonchev–Trinajstić information content (AvgIpc) is 3.04. The molecule has 1 amide bonds. The van der Waals surface area contributed by atoms with Crippen LogP contribution in [0.4, 0.5) is 5.69 Å². The number of hydrogen-bond acceptors (Lipinski definition) is 5. The van der Waals surface area contributed by atoms with Crippen molar-refractivity contribution in [2.75, 3.05) is 19.5 Å². The summed E-state index contributed by atoms with van der Waals surface area (Å²) in [4.78, 5) is 16.4. The molecule has 0 spiro atoms. The Kier molecular flexibility index (Phi) is 5.19. The molecule has 1 N–H and O–H groups in total. The maximum atomic E-state index is 12.8. The van der Waals surface area contributed by atoms with E-state index in [0.717, 1.165) is 16.6 Å². The lowest BCUT2D eigenvalue weighted by Crippen LogP contribution is -2.15. The highest BCUT2D eigenvalue weighted by molar-refractivity contribution is 8.03. The van der Waals surface area contributed by atoms with Crippen molar-refractivity contribution in [2.24, 2.45) is 5.92 Å². The van der Waals surface area contributed by atoms with Crippen LogP contribution in [0, 0.1) is 5.92 Å². The Morgan fingerprint density at radius 2 is 2.07 bits per heavy atom. The monoisotopic (exact) mass is 401 g/mol. The fourth-order valence-corrected chi connectivity index (χ4v) is 6.30. The summed E-state index contributed by atoms with van der Waals surface area (Å²) >= 11 is 3.49. The zero-order chi connectivity index (χ0) is 19.0. The summed E-state index contributed by atoms with van der Waals surface area (Å²) in [5.74, 6) is 2.84. The molecular weight excluding hydrogens is 378 g/mol. The Balaban J connectivity index is 1.56. The van der Waals surface area contributed by atoms with Crippen molar-refractivity contribution in [3.63, 3.8) is 0 Å². The third-order valence-electron chi connectivity index (χ3n) is 5.17. The molecule has 2 aliphatic rings. The Morgan fingerprint density at radius 3 is 2.85 bits per heavy atom. The molecule has 1 aliphatic heterocycles.